The van der Waals surface area contributed by atoms with Crippen LogP contribution in [0.2, 0.25) is 0 Å². The summed E-state index contributed by atoms with van der Waals surface area (Å²) in [5.41, 5.74) is 3.08. The maximum absolute atomic E-state index is 4.24. The van der Waals surface area contributed by atoms with Crippen molar-refractivity contribution in [3.63, 3.8) is 0 Å². The van der Waals surface area contributed by atoms with Gasteiger partial charge in [0.2, 0.25) is 0 Å². The van der Waals surface area contributed by atoms with Gasteiger partial charge >= 0.3 is 0 Å². The second-order valence-corrected chi connectivity index (χ2v) is 4.48. The van der Waals surface area contributed by atoms with Crippen LogP contribution in [0.15, 0.2) is 10.9 Å². The lowest BCUT2D eigenvalue weighted by Gasteiger charge is -2.08. The molecule has 1 aromatic heterocycles. The van der Waals surface area contributed by atoms with E-state index in [9.17, 15) is 0 Å². The maximum Gasteiger partial charge on any atom is 0.0795 e. The second-order valence-electron chi connectivity index (χ2n) is 3.76. The van der Waals surface area contributed by atoms with Crippen molar-refractivity contribution in [2.45, 2.75) is 32.2 Å². The minimum absolute atomic E-state index is 0.929. The van der Waals surface area contributed by atoms with Gasteiger partial charge in [-0.3, -0.25) is 0 Å². The number of aromatic nitrogens is 1. The van der Waals surface area contributed by atoms with Crippen molar-refractivity contribution >= 4 is 11.3 Å². The van der Waals surface area contributed by atoms with Gasteiger partial charge in [0.15, 0.2) is 0 Å². The van der Waals surface area contributed by atoms with Gasteiger partial charge in [-0.25, -0.2) is 4.98 Å². The Morgan fingerprint density at radius 3 is 3.00 bits per heavy atom. The van der Waals surface area contributed by atoms with Crippen molar-refractivity contribution in [1.82, 2.24) is 10.3 Å². The van der Waals surface area contributed by atoms with Gasteiger partial charge in [0.05, 0.1) is 11.2 Å². The largest absolute Gasteiger partial charge is 0.311 e. The average molecular weight is 196 g/mol. The summed E-state index contributed by atoms with van der Waals surface area (Å²) in [5, 5.41) is 5.59. The van der Waals surface area contributed by atoms with Crippen LogP contribution in [0, 0.1) is 5.92 Å². The minimum atomic E-state index is 0.929. The standard InChI is InChI=1S/C10H16N2S/c1-2-4-9(3-1)5-11-6-10-7-13-8-12-10/h7-9,11H,1-6H2. The van der Waals surface area contributed by atoms with E-state index in [2.05, 4.69) is 15.7 Å². The van der Waals surface area contributed by atoms with Crippen LogP contribution >= 0.6 is 11.3 Å². The van der Waals surface area contributed by atoms with Crippen molar-refractivity contribution in [3.8, 4) is 0 Å². The Bertz CT molecular complexity index is 227. The summed E-state index contributed by atoms with van der Waals surface area (Å²) in [6.45, 7) is 2.12. The molecule has 0 bridgehead atoms. The topological polar surface area (TPSA) is 24.9 Å². The van der Waals surface area contributed by atoms with E-state index in [0.717, 1.165) is 12.5 Å². The molecular weight excluding hydrogens is 180 g/mol. The van der Waals surface area contributed by atoms with Crippen LogP contribution in [-0.2, 0) is 6.54 Å². The van der Waals surface area contributed by atoms with Crippen LogP contribution in [0.4, 0.5) is 0 Å². The van der Waals surface area contributed by atoms with E-state index in [0.29, 0.717) is 0 Å². The first kappa shape index (κ1) is 9.16. The summed E-state index contributed by atoms with van der Waals surface area (Å²) in [7, 11) is 0. The molecule has 72 valence electrons. The van der Waals surface area contributed by atoms with Gasteiger partial charge in [0.1, 0.15) is 0 Å². The highest BCUT2D eigenvalue weighted by Crippen LogP contribution is 2.23. The monoisotopic (exact) mass is 196 g/mol. The Kier molecular flexibility index (Phi) is 3.33. The maximum atomic E-state index is 4.24. The Morgan fingerprint density at radius 2 is 2.31 bits per heavy atom. The van der Waals surface area contributed by atoms with E-state index in [1.54, 1.807) is 11.3 Å². The molecule has 0 spiro atoms. The van der Waals surface area contributed by atoms with E-state index in [-0.39, 0.29) is 0 Å². The molecule has 0 unspecified atom stereocenters. The molecule has 1 aromatic rings. The molecule has 0 atom stereocenters. The minimum Gasteiger partial charge on any atom is -0.311 e. The molecule has 1 aliphatic rings. The van der Waals surface area contributed by atoms with Crippen molar-refractivity contribution in [3.05, 3.63) is 16.6 Å². The molecule has 0 radical (unpaired) electrons. The number of nitrogens with one attached hydrogen (secondary N) is 1. The molecule has 0 saturated heterocycles. The highest BCUT2D eigenvalue weighted by atomic mass is 32.1. The molecule has 1 fully saturated rings. The summed E-state index contributed by atoms with van der Waals surface area (Å²) < 4.78 is 0. The molecule has 13 heavy (non-hydrogen) atoms. The molecule has 1 heterocycles. The van der Waals surface area contributed by atoms with Gasteiger partial charge in [0.25, 0.3) is 0 Å². The van der Waals surface area contributed by atoms with Gasteiger partial charge in [0, 0.05) is 11.9 Å². The Labute approximate surface area is 83.4 Å². The zero-order valence-corrected chi connectivity index (χ0v) is 8.65. The van der Waals surface area contributed by atoms with Gasteiger partial charge in [-0.1, -0.05) is 12.8 Å². The zero-order chi connectivity index (χ0) is 8.93. The Balaban J connectivity index is 1.63. The first-order chi connectivity index (χ1) is 6.45. The van der Waals surface area contributed by atoms with Crippen LogP contribution in [0.25, 0.3) is 0 Å². The van der Waals surface area contributed by atoms with E-state index in [1.807, 2.05) is 5.51 Å². The van der Waals surface area contributed by atoms with Crippen molar-refractivity contribution in [2.24, 2.45) is 5.92 Å². The molecule has 3 heteroatoms. The SMILES string of the molecule is c1nc(CNCC2CCCC2)cs1. The van der Waals surface area contributed by atoms with Crippen LogP contribution in [0.3, 0.4) is 0 Å². The fourth-order valence-electron chi connectivity index (χ4n) is 1.94. The Hall–Kier alpha value is -0.410. The first-order valence-electron chi connectivity index (χ1n) is 5.03. The fourth-order valence-corrected chi connectivity index (χ4v) is 2.50. The molecule has 1 saturated carbocycles. The van der Waals surface area contributed by atoms with Crippen LogP contribution in [0.1, 0.15) is 31.4 Å². The van der Waals surface area contributed by atoms with E-state index < -0.39 is 0 Å². The zero-order valence-electron chi connectivity index (χ0n) is 7.83. The van der Waals surface area contributed by atoms with Gasteiger partial charge in [-0.15, -0.1) is 11.3 Å². The molecule has 0 aromatic carbocycles. The summed E-state index contributed by atoms with van der Waals surface area (Å²) >= 11 is 1.67. The fraction of sp³-hybridized carbons (Fsp3) is 0.700. The molecule has 1 aliphatic carbocycles. The third kappa shape index (κ3) is 2.78. The number of thiazole rings is 1. The second kappa shape index (κ2) is 4.72. The lowest BCUT2D eigenvalue weighted by atomic mass is 10.1. The summed E-state index contributed by atoms with van der Waals surface area (Å²) in [5.74, 6) is 0.929. The predicted molar refractivity (Wildman–Crippen MR) is 55.8 cm³/mol. The van der Waals surface area contributed by atoms with Gasteiger partial charge in [-0.2, -0.15) is 0 Å². The van der Waals surface area contributed by atoms with Crippen molar-refractivity contribution in [1.29, 1.82) is 0 Å². The van der Waals surface area contributed by atoms with Crippen LogP contribution in [-0.4, -0.2) is 11.5 Å². The average Bonchev–Trinajstić information content (AvgIpc) is 2.75. The highest BCUT2D eigenvalue weighted by molar-refractivity contribution is 7.07. The number of nitrogens with zero attached hydrogens (tertiary/aromatic N) is 1. The van der Waals surface area contributed by atoms with Gasteiger partial charge < -0.3 is 5.32 Å². The molecule has 2 rings (SSSR count). The summed E-state index contributed by atoms with van der Waals surface area (Å²) in [4.78, 5) is 4.24. The summed E-state index contributed by atoms with van der Waals surface area (Å²) in [6.07, 6.45) is 5.71. The van der Waals surface area contributed by atoms with E-state index >= 15 is 0 Å². The quantitative estimate of drug-likeness (QED) is 0.800. The normalized spacial score (nSPS) is 18.2. The first-order valence-corrected chi connectivity index (χ1v) is 5.97. The molecule has 0 amide bonds. The van der Waals surface area contributed by atoms with Crippen molar-refractivity contribution in [2.75, 3.05) is 6.54 Å². The van der Waals surface area contributed by atoms with E-state index in [4.69, 9.17) is 0 Å². The van der Waals surface area contributed by atoms with Gasteiger partial charge in [-0.05, 0) is 25.3 Å². The van der Waals surface area contributed by atoms with E-state index in [1.165, 1.54) is 37.9 Å². The van der Waals surface area contributed by atoms with Crippen molar-refractivity contribution < 1.29 is 0 Å². The van der Waals surface area contributed by atoms with Crippen LogP contribution < -0.4 is 5.32 Å². The number of hydrogen-bond acceptors (Lipinski definition) is 3. The molecule has 1 N–H and O–H groups in total. The predicted octanol–water partition coefficient (Wildman–Crippen LogP) is 2.42. The highest BCUT2D eigenvalue weighted by Gasteiger charge is 2.13. The Morgan fingerprint density at radius 1 is 1.46 bits per heavy atom. The number of rotatable bonds is 4. The molecular formula is C10H16N2S. The third-order valence-corrected chi connectivity index (χ3v) is 3.33. The summed E-state index contributed by atoms with van der Waals surface area (Å²) in [6, 6.07) is 0. The number of hydrogen-bond donors (Lipinski definition) is 1. The molecule has 2 nitrogen and oxygen atoms in total. The lowest BCUT2D eigenvalue weighted by molar-refractivity contribution is 0.487. The third-order valence-electron chi connectivity index (χ3n) is 2.70. The molecule has 0 aliphatic heterocycles. The smallest absolute Gasteiger partial charge is 0.0795 e. The van der Waals surface area contributed by atoms with Crippen LogP contribution in [0.5, 0.6) is 0 Å². The lowest BCUT2D eigenvalue weighted by Crippen LogP contribution is -2.20.